The van der Waals surface area contributed by atoms with Crippen LogP contribution < -0.4 is 9.47 Å². The van der Waals surface area contributed by atoms with E-state index in [-0.39, 0.29) is 11.3 Å². The zero-order valence-electron chi connectivity index (χ0n) is 11.7. The Balaban J connectivity index is 2.21. The van der Waals surface area contributed by atoms with Crippen LogP contribution in [0.4, 0.5) is 0 Å². The molecule has 0 unspecified atom stereocenters. The van der Waals surface area contributed by atoms with Crippen LogP contribution in [-0.4, -0.2) is 23.7 Å². The molecule has 0 amide bonds. The van der Waals surface area contributed by atoms with Crippen LogP contribution in [0.1, 0.15) is 27.6 Å². The standard InChI is InChI=1S/C16H13BrO5/c1-2-21-14-8-5-11(17)9-13(14)16(20)22-12-6-3-10(4-7-12)15(18)19/h3-9H,2H2,1H3,(H,18,19). The van der Waals surface area contributed by atoms with E-state index in [9.17, 15) is 9.59 Å². The Morgan fingerprint density at radius 2 is 1.82 bits per heavy atom. The summed E-state index contributed by atoms with van der Waals surface area (Å²) in [5.41, 5.74) is 0.413. The molecule has 5 nitrogen and oxygen atoms in total. The second kappa shape index (κ2) is 7.09. The highest BCUT2D eigenvalue weighted by Gasteiger charge is 2.16. The number of aromatic carboxylic acids is 1. The van der Waals surface area contributed by atoms with E-state index in [0.29, 0.717) is 17.9 Å². The molecule has 0 aliphatic carbocycles. The summed E-state index contributed by atoms with van der Waals surface area (Å²) in [6.07, 6.45) is 0. The predicted molar refractivity (Wildman–Crippen MR) is 83.7 cm³/mol. The lowest BCUT2D eigenvalue weighted by molar-refractivity contribution is 0.0696. The second-order valence-corrected chi connectivity index (χ2v) is 5.21. The van der Waals surface area contributed by atoms with Crippen LogP contribution in [-0.2, 0) is 0 Å². The molecular formula is C16H13BrO5. The van der Waals surface area contributed by atoms with Crippen molar-refractivity contribution in [2.24, 2.45) is 0 Å². The highest BCUT2D eigenvalue weighted by atomic mass is 79.9. The van der Waals surface area contributed by atoms with Gasteiger partial charge in [-0.2, -0.15) is 0 Å². The molecule has 0 saturated heterocycles. The lowest BCUT2D eigenvalue weighted by Crippen LogP contribution is -2.11. The highest BCUT2D eigenvalue weighted by molar-refractivity contribution is 9.10. The topological polar surface area (TPSA) is 72.8 Å². The third kappa shape index (κ3) is 3.85. The number of benzene rings is 2. The van der Waals surface area contributed by atoms with Crippen molar-refractivity contribution in [2.45, 2.75) is 6.92 Å². The average molecular weight is 365 g/mol. The van der Waals surface area contributed by atoms with Gasteiger partial charge in [-0.25, -0.2) is 9.59 Å². The molecule has 0 atom stereocenters. The molecule has 0 saturated carbocycles. The van der Waals surface area contributed by atoms with E-state index in [2.05, 4.69) is 15.9 Å². The second-order valence-electron chi connectivity index (χ2n) is 4.29. The third-order valence-electron chi connectivity index (χ3n) is 2.77. The van der Waals surface area contributed by atoms with Crippen LogP contribution in [0, 0.1) is 0 Å². The fraction of sp³-hybridized carbons (Fsp3) is 0.125. The first-order valence-corrected chi connectivity index (χ1v) is 7.28. The van der Waals surface area contributed by atoms with Gasteiger partial charge in [0, 0.05) is 4.47 Å². The minimum absolute atomic E-state index is 0.122. The molecular weight excluding hydrogens is 352 g/mol. The summed E-state index contributed by atoms with van der Waals surface area (Å²) < 4.78 is 11.4. The average Bonchev–Trinajstić information content (AvgIpc) is 2.49. The lowest BCUT2D eigenvalue weighted by atomic mass is 10.2. The van der Waals surface area contributed by atoms with Crippen molar-refractivity contribution in [2.75, 3.05) is 6.61 Å². The summed E-state index contributed by atoms with van der Waals surface area (Å²) in [6, 6.07) is 10.7. The smallest absolute Gasteiger partial charge is 0.347 e. The molecule has 1 N–H and O–H groups in total. The fourth-order valence-electron chi connectivity index (χ4n) is 1.77. The Morgan fingerprint density at radius 1 is 1.14 bits per heavy atom. The minimum Gasteiger partial charge on any atom is -0.493 e. The zero-order valence-corrected chi connectivity index (χ0v) is 13.3. The molecule has 0 radical (unpaired) electrons. The molecule has 0 aliphatic heterocycles. The van der Waals surface area contributed by atoms with Crippen molar-refractivity contribution in [1.82, 2.24) is 0 Å². The molecule has 0 aromatic heterocycles. The van der Waals surface area contributed by atoms with Gasteiger partial charge in [-0.05, 0) is 49.4 Å². The zero-order chi connectivity index (χ0) is 16.1. The van der Waals surface area contributed by atoms with Crippen LogP contribution >= 0.6 is 15.9 Å². The number of hydrogen-bond acceptors (Lipinski definition) is 4. The van der Waals surface area contributed by atoms with Gasteiger partial charge in [-0.15, -0.1) is 0 Å². The lowest BCUT2D eigenvalue weighted by Gasteiger charge is -2.10. The largest absolute Gasteiger partial charge is 0.493 e. The van der Waals surface area contributed by atoms with Crippen LogP contribution in [0.15, 0.2) is 46.9 Å². The Hall–Kier alpha value is -2.34. The summed E-state index contributed by atoms with van der Waals surface area (Å²) in [5.74, 6) is -0.924. The van der Waals surface area contributed by atoms with E-state index in [1.54, 1.807) is 18.2 Å². The SMILES string of the molecule is CCOc1ccc(Br)cc1C(=O)Oc1ccc(C(=O)O)cc1. The maximum Gasteiger partial charge on any atom is 0.347 e. The van der Waals surface area contributed by atoms with E-state index in [1.807, 2.05) is 6.92 Å². The van der Waals surface area contributed by atoms with E-state index in [0.717, 1.165) is 4.47 Å². The predicted octanol–water partition coefficient (Wildman–Crippen LogP) is 3.77. The Morgan fingerprint density at radius 3 is 2.41 bits per heavy atom. The Bertz CT molecular complexity index is 694. The number of rotatable bonds is 5. The molecule has 2 aromatic carbocycles. The summed E-state index contributed by atoms with van der Waals surface area (Å²) in [5, 5.41) is 8.83. The van der Waals surface area contributed by atoms with E-state index in [4.69, 9.17) is 14.6 Å². The molecule has 0 heterocycles. The van der Waals surface area contributed by atoms with Crippen molar-refractivity contribution in [3.05, 3.63) is 58.1 Å². The first-order chi connectivity index (χ1) is 10.5. The number of carbonyl (C=O) groups is 2. The van der Waals surface area contributed by atoms with E-state index >= 15 is 0 Å². The summed E-state index contributed by atoms with van der Waals surface area (Å²) >= 11 is 3.30. The molecule has 0 bridgehead atoms. The fourth-order valence-corrected chi connectivity index (χ4v) is 2.13. The maximum absolute atomic E-state index is 12.2. The first-order valence-electron chi connectivity index (χ1n) is 6.49. The number of ether oxygens (including phenoxy) is 2. The van der Waals surface area contributed by atoms with Crippen LogP contribution in [0.25, 0.3) is 0 Å². The number of esters is 1. The Kier molecular flexibility index (Phi) is 5.16. The van der Waals surface area contributed by atoms with E-state index < -0.39 is 11.9 Å². The van der Waals surface area contributed by atoms with Gasteiger partial charge in [0.05, 0.1) is 12.2 Å². The normalized spacial score (nSPS) is 10.1. The maximum atomic E-state index is 12.2. The van der Waals surface area contributed by atoms with Gasteiger partial charge < -0.3 is 14.6 Å². The molecule has 2 aromatic rings. The van der Waals surface area contributed by atoms with Gasteiger partial charge in [0.25, 0.3) is 0 Å². The monoisotopic (exact) mass is 364 g/mol. The van der Waals surface area contributed by atoms with Crippen LogP contribution in [0.5, 0.6) is 11.5 Å². The molecule has 0 spiro atoms. The third-order valence-corrected chi connectivity index (χ3v) is 3.27. The molecule has 0 fully saturated rings. The molecule has 0 aliphatic rings. The number of carboxylic acids is 1. The van der Waals surface area contributed by atoms with Crippen molar-refractivity contribution < 1.29 is 24.2 Å². The van der Waals surface area contributed by atoms with Gasteiger partial charge in [0.2, 0.25) is 0 Å². The van der Waals surface area contributed by atoms with Crippen molar-refractivity contribution in [1.29, 1.82) is 0 Å². The van der Waals surface area contributed by atoms with Gasteiger partial charge in [-0.1, -0.05) is 15.9 Å². The quantitative estimate of drug-likeness (QED) is 0.645. The summed E-state index contributed by atoms with van der Waals surface area (Å²) in [6.45, 7) is 2.25. The first kappa shape index (κ1) is 16.0. The minimum atomic E-state index is -1.04. The van der Waals surface area contributed by atoms with Gasteiger partial charge >= 0.3 is 11.9 Å². The number of hydrogen-bond donors (Lipinski definition) is 1. The van der Waals surface area contributed by atoms with Gasteiger partial charge in [-0.3, -0.25) is 0 Å². The van der Waals surface area contributed by atoms with Gasteiger partial charge in [0.15, 0.2) is 0 Å². The Labute approximate surface area is 135 Å². The van der Waals surface area contributed by atoms with E-state index in [1.165, 1.54) is 24.3 Å². The van der Waals surface area contributed by atoms with Crippen molar-refractivity contribution in [3.63, 3.8) is 0 Å². The number of carbonyl (C=O) groups excluding carboxylic acids is 1. The van der Waals surface area contributed by atoms with Crippen LogP contribution in [0.3, 0.4) is 0 Å². The summed E-state index contributed by atoms with van der Waals surface area (Å²) in [4.78, 5) is 23.0. The van der Waals surface area contributed by atoms with Crippen LogP contribution in [0.2, 0.25) is 0 Å². The summed E-state index contributed by atoms with van der Waals surface area (Å²) in [7, 11) is 0. The molecule has 22 heavy (non-hydrogen) atoms. The highest BCUT2D eigenvalue weighted by Crippen LogP contribution is 2.25. The molecule has 2 rings (SSSR count). The number of halogens is 1. The molecule has 114 valence electrons. The number of carboxylic acid groups (broad SMARTS) is 1. The molecule has 6 heteroatoms. The van der Waals surface area contributed by atoms with Crippen molar-refractivity contribution >= 4 is 27.9 Å². The van der Waals surface area contributed by atoms with Crippen molar-refractivity contribution in [3.8, 4) is 11.5 Å². The van der Waals surface area contributed by atoms with Gasteiger partial charge in [0.1, 0.15) is 17.1 Å².